The first-order valence-electron chi connectivity index (χ1n) is 4.85. The van der Waals surface area contributed by atoms with Crippen LogP contribution < -0.4 is 5.56 Å². The van der Waals surface area contributed by atoms with Crippen molar-refractivity contribution in [3.05, 3.63) is 28.9 Å². The molecular weight excluding hydrogens is 164 g/mol. The smallest absolute Gasteiger partial charge is 0.253 e. The minimum Gasteiger partial charge on any atom is -0.300 e. The second-order valence-electron chi connectivity index (χ2n) is 1.70. The molecule has 0 radical (unpaired) electrons. The van der Waals surface area contributed by atoms with E-state index in [0.29, 0.717) is 6.54 Å². The Bertz CT molecular complexity index is 243. The van der Waals surface area contributed by atoms with Crippen molar-refractivity contribution in [1.82, 2.24) is 9.55 Å². The predicted molar refractivity (Wildman–Crippen MR) is 56.9 cm³/mol. The highest BCUT2D eigenvalue weighted by Crippen LogP contribution is 1.73. The Morgan fingerprint density at radius 3 is 2.15 bits per heavy atom. The van der Waals surface area contributed by atoms with Crippen LogP contribution in [0.15, 0.2) is 23.4 Å². The Labute approximate surface area is 80.4 Å². The topological polar surface area (TPSA) is 34.9 Å². The average molecular weight is 184 g/mol. The van der Waals surface area contributed by atoms with Gasteiger partial charge in [0.15, 0.2) is 0 Å². The van der Waals surface area contributed by atoms with Gasteiger partial charge in [-0.15, -0.1) is 0 Å². The summed E-state index contributed by atoms with van der Waals surface area (Å²) in [4.78, 5) is 14.6. The molecule has 76 valence electrons. The third kappa shape index (κ3) is 6.08. The fourth-order valence-corrected chi connectivity index (χ4v) is 0.616. The van der Waals surface area contributed by atoms with Crippen LogP contribution in [0, 0.1) is 0 Å². The molecule has 0 bridgehead atoms. The molecule has 0 N–H and O–H groups in total. The zero-order chi connectivity index (χ0) is 10.7. The van der Waals surface area contributed by atoms with Crippen molar-refractivity contribution in [3.63, 3.8) is 0 Å². The van der Waals surface area contributed by atoms with Gasteiger partial charge in [-0.1, -0.05) is 27.7 Å². The lowest BCUT2D eigenvalue weighted by molar-refractivity contribution is 0.706. The van der Waals surface area contributed by atoms with Crippen molar-refractivity contribution in [2.45, 2.75) is 41.2 Å². The van der Waals surface area contributed by atoms with Crippen LogP contribution in [0.5, 0.6) is 0 Å². The highest BCUT2D eigenvalue weighted by atomic mass is 16.1. The zero-order valence-corrected chi connectivity index (χ0v) is 9.24. The number of hydrogen-bond donors (Lipinski definition) is 0. The molecule has 1 rings (SSSR count). The molecule has 0 aliphatic rings. The van der Waals surface area contributed by atoms with Crippen LogP contribution in [0.1, 0.15) is 34.6 Å². The predicted octanol–water partition coefficient (Wildman–Crippen LogP) is 2.32. The summed E-state index contributed by atoms with van der Waals surface area (Å²) in [6.45, 7) is 10.6. The first kappa shape index (κ1) is 14.4. The number of nitrogens with zero attached hydrogens (tertiary/aromatic N) is 2. The molecule has 0 saturated carbocycles. The summed E-state index contributed by atoms with van der Waals surface area (Å²) in [5.74, 6) is 0. The monoisotopic (exact) mass is 184 g/mol. The minimum absolute atomic E-state index is 0.00694. The summed E-state index contributed by atoms with van der Waals surface area (Å²) in [5.41, 5.74) is 0.00694. The van der Waals surface area contributed by atoms with Gasteiger partial charge in [-0.3, -0.25) is 9.36 Å². The lowest BCUT2D eigenvalue weighted by Gasteiger charge is -1.95. The molecule has 0 amide bonds. The molecule has 0 saturated heterocycles. The van der Waals surface area contributed by atoms with E-state index in [-0.39, 0.29) is 5.56 Å². The van der Waals surface area contributed by atoms with Crippen molar-refractivity contribution in [2.75, 3.05) is 0 Å². The van der Waals surface area contributed by atoms with Gasteiger partial charge in [-0.25, -0.2) is 4.98 Å². The van der Waals surface area contributed by atoms with Crippen molar-refractivity contribution in [2.24, 2.45) is 0 Å². The summed E-state index contributed by atoms with van der Waals surface area (Å²) in [6.07, 6.45) is 3.02. The molecule has 0 atom stereocenters. The zero-order valence-electron chi connectivity index (χ0n) is 9.24. The van der Waals surface area contributed by atoms with E-state index in [9.17, 15) is 4.79 Å². The van der Waals surface area contributed by atoms with Gasteiger partial charge in [0.2, 0.25) is 0 Å². The van der Waals surface area contributed by atoms with Gasteiger partial charge in [0.05, 0.1) is 6.33 Å². The maximum atomic E-state index is 10.8. The Morgan fingerprint density at radius 2 is 1.85 bits per heavy atom. The van der Waals surface area contributed by atoms with E-state index in [2.05, 4.69) is 4.98 Å². The summed E-state index contributed by atoms with van der Waals surface area (Å²) in [6, 6.07) is 1.45. The fraction of sp³-hybridized carbons (Fsp3) is 0.600. The van der Waals surface area contributed by atoms with Gasteiger partial charge in [0.1, 0.15) is 0 Å². The molecule has 3 nitrogen and oxygen atoms in total. The largest absolute Gasteiger partial charge is 0.300 e. The van der Waals surface area contributed by atoms with E-state index in [1.54, 1.807) is 4.57 Å². The second kappa shape index (κ2) is 10.9. The molecule has 0 aromatic carbocycles. The molecule has 1 heterocycles. The maximum absolute atomic E-state index is 10.8. The van der Waals surface area contributed by atoms with Crippen LogP contribution in [0.3, 0.4) is 0 Å². The highest BCUT2D eigenvalue weighted by molar-refractivity contribution is 4.81. The molecule has 0 unspecified atom stereocenters. The first-order chi connectivity index (χ1) is 6.34. The van der Waals surface area contributed by atoms with E-state index in [0.717, 1.165) is 0 Å². The molecule has 3 heteroatoms. The number of aryl methyl sites for hydroxylation is 1. The number of rotatable bonds is 1. The Hall–Kier alpha value is -1.12. The Balaban J connectivity index is 0. The van der Waals surface area contributed by atoms with E-state index in [4.69, 9.17) is 0 Å². The third-order valence-corrected chi connectivity index (χ3v) is 1.13. The van der Waals surface area contributed by atoms with Crippen molar-refractivity contribution in [3.8, 4) is 0 Å². The Kier molecular flexibility index (Phi) is 12.1. The van der Waals surface area contributed by atoms with Crippen LogP contribution in [0.25, 0.3) is 0 Å². The van der Waals surface area contributed by atoms with Crippen LogP contribution in [-0.4, -0.2) is 9.55 Å². The second-order valence-corrected chi connectivity index (χ2v) is 1.70. The van der Waals surface area contributed by atoms with Gasteiger partial charge in [-0.2, -0.15) is 0 Å². The molecule has 13 heavy (non-hydrogen) atoms. The van der Waals surface area contributed by atoms with Crippen LogP contribution in [-0.2, 0) is 6.54 Å². The van der Waals surface area contributed by atoms with E-state index < -0.39 is 0 Å². The molecule has 1 aromatic rings. The van der Waals surface area contributed by atoms with Crippen LogP contribution in [0.2, 0.25) is 0 Å². The van der Waals surface area contributed by atoms with Gasteiger partial charge in [0, 0.05) is 18.8 Å². The summed E-state index contributed by atoms with van der Waals surface area (Å²) < 4.78 is 1.54. The molecule has 1 aromatic heterocycles. The first-order valence-corrected chi connectivity index (χ1v) is 4.85. The molecule has 0 aliphatic carbocycles. The van der Waals surface area contributed by atoms with Crippen LogP contribution in [0.4, 0.5) is 0 Å². The van der Waals surface area contributed by atoms with Crippen molar-refractivity contribution in [1.29, 1.82) is 0 Å². The molecule has 0 spiro atoms. The normalized spacial score (nSPS) is 7.46. The molecule has 0 aliphatic heterocycles. The fourth-order valence-electron chi connectivity index (χ4n) is 0.616. The van der Waals surface area contributed by atoms with Gasteiger partial charge in [-0.05, 0) is 6.92 Å². The number of hydrogen-bond acceptors (Lipinski definition) is 2. The quantitative estimate of drug-likeness (QED) is 0.671. The highest BCUT2D eigenvalue weighted by Gasteiger charge is 1.86. The van der Waals surface area contributed by atoms with Gasteiger partial charge >= 0.3 is 0 Å². The summed E-state index contributed by atoms with van der Waals surface area (Å²) >= 11 is 0. The van der Waals surface area contributed by atoms with Gasteiger partial charge < -0.3 is 0 Å². The van der Waals surface area contributed by atoms with Crippen molar-refractivity contribution >= 4 is 0 Å². The van der Waals surface area contributed by atoms with E-state index in [1.165, 1.54) is 18.6 Å². The molecule has 0 fully saturated rings. The van der Waals surface area contributed by atoms with E-state index in [1.807, 2.05) is 34.6 Å². The van der Waals surface area contributed by atoms with E-state index >= 15 is 0 Å². The molecular formula is C10H20N2O. The number of aromatic nitrogens is 2. The SMILES string of the molecule is CC.CC.CCn1cnccc1=O. The average Bonchev–Trinajstić information content (AvgIpc) is 2.24. The Morgan fingerprint density at radius 1 is 1.31 bits per heavy atom. The van der Waals surface area contributed by atoms with Crippen LogP contribution >= 0.6 is 0 Å². The van der Waals surface area contributed by atoms with Gasteiger partial charge in [0.25, 0.3) is 5.56 Å². The standard InChI is InChI=1S/C6H8N2O.2C2H6/c1-2-8-5-7-4-3-6(8)9;2*1-2/h3-5H,2H2,1H3;2*1-2H3. The lowest BCUT2D eigenvalue weighted by atomic mass is 10.6. The summed E-state index contributed by atoms with van der Waals surface area (Å²) in [5, 5.41) is 0. The maximum Gasteiger partial charge on any atom is 0.253 e. The minimum atomic E-state index is 0.00694. The summed E-state index contributed by atoms with van der Waals surface area (Å²) in [7, 11) is 0. The lowest BCUT2D eigenvalue weighted by Crippen LogP contribution is -2.16. The third-order valence-electron chi connectivity index (χ3n) is 1.13. The van der Waals surface area contributed by atoms with Crippen molar-refractivity contribution < 1.29 is 0 Å².